The summed E-state index contributed by atoms with van der Waals surface area (Å²) in [6.07, 6.45) is 0. The van der Waals surface area contributed by atoms with Gasteiger partial charge in [0, 0.05) is 0 Å². The third-order valence-electron chi connectivity index (χ3n) is 2.61. The molecule has 15 heavy (non-hydrogen) atoms. The van der Waals surface area contributed by atoms with Crippen LogP contribution in [0.25, 0.3) is 0 Å². The number of nitrogens with one attached hydrogen (secondary N) is 1. The monoisotopic (exact) mass is 227 g/mol. The van der Waals surface area contributed by atoms with Gasteiger partial charge in [0.25, 0.3) is 0 Å². The molecule has 0 bridgehead atoms. The lowest BCUT2D eigenvalue weighted by Gasteiger charge is -2.24. The standard InChI is InChI=1S/C11H17NO2S/c1-9-5-7-10(8-6-9)15(13,14)11(2,3)12-4/h5-8,12H,1-4H3. The molecule has 1 aromatic carbocycles. The third kappa shape index (κ3) is 2.21. The molecule has 0 aliphatic carbocycles. The first-order valence-corrected chi connectivity index (χ1v) is 6.30. The summed E-state index contributed by atoms with van der Waals surface area (Å²) >= 11 is 0. The van der Waals surface area contributed by atoms with E-state index in [1.807, 2.05) is 6.92 Å². The summed E-state index contributed by atoms with van der Waals surface area (Å²) in [6.45, 7) is 5.24. The molecule has 0 unspecified atom stereocenters. The minimum atomic E-state index is -3.32. The highest BCUT2D eigenvalue weighted by atomic mass is 32.2. The van der Waals surface area contributed by atoms with E-state index in [9.17, 15) is 8.42 Å². The maximum atomic E-state index is 12.1. The third-order valence-corrected chi connectivity index (χ3v) is 5.05. The van der Waals surface area contributed by atoms with Gasteiger partial charge in [-0.15, -0.1) is 0 Å². The predicted octanol–water partition coefficient (Wildman–Crippen LogP) is 1.72. The molecule has 0 saturated carbocycles. The van der Waals surface area contributed by atoms with Gasteiger partial charge in [0.1, 0.15) is 4.87 Å². The van der Waals surface area contributed by atoms with Crippen molar-refractivity contribution in [1.29, 1.82) is 0 Å². The molecule has 1 rings (SSSR count). The van der Waals surface area contributed by atoms with Crippen LogP contribution in [0.15, 0.2) is 29.2 Å². The van der Waals surface area contributed by atoms with Crippen LogP contribution in [0.2, 0.25) is 0 Å². The van der Waals surface area contributed by atoms with Gasteiger partial charge in [0.2, 0.25) is 0 Å². The minimum Gasteiger partial charge on any atom is -0.302 e. The molecule has 3 nitrogen and oxygen atoms in total. The van der Waals surface area contributed by atoms with Gasteiger partial charge in [-0.05, 0) is 40.0 Å². The van der Waals surface area contributed by atoms with E-state index in [2.05, 4.69) is 5.32 Å². The molecule has 0 radical (unpaired) electrons. The molecule has 0 spiro atoms. The maximum Gasteiger partial charge on any atom is 0.196 e. The number of aryl methyl sites for hydroxylation is 1. The van der Waals surface area contributed by atoms with Crippen LogP contribution in [-0.2, 0) is 9.84 Å². The molecule has 0 atom stereocenters. The van der Waals surface area contributed by atoms with Gasteiger partial charge >= 0.3 is 0 Å². The van der Waals surface area contributed by atoms with Crippen LogP contribution in [0.4, 0.5) is 0 Å². The lowest BCUT2D eigenvalue weighted by atomic mass is 10.2. The van der Waals surface area contributed by atoms with Gasteiger partial charge in [-0.25, -0.2) is 8.42 Å². The second kappa shape index (κ2) is 3.94. The zero-order chi connectivity index (χ0) is 11.7. The normalized spacial score (nSPS) is 12.8. The molecule has 4 heteroatoms. The predicted molar refractivity (Wildman–Crippen MR) is 61.5 cm³/mol. The molecule has 84 valence electrons. The van der Waals surface area contributed by atoms with Crippen LogP contribution in [0.1, 0.15) is 19.4 Å². The summed E-state index contributed by atoms with van der Waals surface area (Å²) in [4.78, 5) is -0.588. The van der Waals surface area contributed by atoms with Gasteiger partial charge in [-0.1, -0.05) is 17.7 Å². The summed E-state index contributed by atoms with van der Waals surface area (Å²) in [6, 6.07) is 6.89. The topological polar surface area (TPSA) is 46.2 Å². The summed E-state index contributed by atoms with van der Waals surface area (Å²) in [5.41, 5.74) is 1.05. The van der Waals surface area contributed by atoms with Crippen molar-refractivity contribution in [2.45, 2.75) is 30.5 Å². The molecule has 0 heterocycles. The van der Waals surface area contributed by atoms with Crippen molar-refractivity contribution < 1.29 is 8.42 Å². The van der Waals surface area contributed by atoms with Crippen molar-refractivity contribution in [3.05, 3.63) is 29.8 Å². The number of sulfone groups is 1. The number of hydrogen-bond acceptors (Lipinski definition) is 3. The highest BCUT2D eigenvalue weighted by molar-refractivity contribution is 7.92. The van der Waals surface area contributed by atoms with Crippen molar-refractivity contribution in [1.82, 2.24) is 5.32 Å². The molecule has 0 fully saturated rings. The van der Waals surface area contributed by atoms with Crippen molar-refractivity contribution in [2.24, 2.45) is 0 Å². The van der Waals surface area contributed by atoms with Crippen LogP contribution in [0, 0.1) is 6.92 Å². The second-order valence-electron chi connectivity index (χ2n) is 4.08. The van der Waals surface area contributed by atoms with Crippen LogP contribution in [0.5, 0.6) is 0 Å². The Morgan fingerprint density at radius 2 is 1.60 bits per heavy atom. The Kier molecular flexibility index (Phi) is 3.21. The summed E-state index contributed by atoms with van der Waals surface area (Å²) < 4.78 is 24.3. The van der Waals surface area contributed by atoms with E-state index in [1.165, 1.54) is 0 Å². The van der Waals surface area contributed by atoms with E-state index < -0.39 is 14.7 Å². The fourth-order valence-electron chi connectivity index (χ4n) is 1.15. The Labute approximate surface area is 91.4 Å². The Morgan fingerprint density at radius 1 is 1.13 bits per heavy atom. The first-order valence-electron chi connectivity index (χ1n) is 4.81. The highest BCUT2D eigenvalue weighted by Gasteiger charge is 2.33. The van der Waals surface area contributed by atoms with Crippen molar-refractivity contribution >= 4 is 9.84 Å². The van der Waals surface area contributed by atoms with Crippen molar-refractivity contribution in [3.63, 3.8) is 0 Å². The molecule has 0 aliphatic heterocycles. The lowest BCUT2D eigenvalue weighted by Crippen LogP contribution is -2.44. The van der Waals surface area contributed by atoms with E-state index in [4.69, 9.17) is 0 Å². The fourth-order valence-corrected chi connectivity index (χ4v) is 2.50. The van der Waals surface area contributed by atoms with E-state index in [0.717, 1.165) is 5.56 Å². The van der Waals surface area contributed by atoms with E-state index in [0.29, 0.717) is 4.90 Å². The Bertz CT molecular complexity index is 432. The molecule has 0 saturated heterocycles. The zero-order valence-corrected chi connectivity index (χ0v) is 10.4. The highest BCUT2D eigenvalue weighted by Crippen LogP contribution is 2.22. The van der Waals surface area contributed by atoms with Crippen molar-refractivity contribution in [3.8, 4) is 0 Å². The van der Waals surface area contributed by atoms with Crippen LogP contribution >= 0.6 is 0 Å². The molecule has 0 amide bonds. The van der Waals surface area contributed by atoms with Crippen LogP contribution in [-0.4, -0.2) is 20.3 Å². The molecule has 1 aromatic rings. The van der Waals surface area contributed by atoms with E-state index >= 15 is 0 Å². The summed E-state index contributed by atoms with van der Waals surface area (Å²) in [5.74, 6) is 0. The van der Waals surface area contributed by atoms with Crippen LogP contribution in [0.3, 0.4) is 0 Å². The summed E-state index contributed by atoms with van der Waals surface area (Å²) in [5, 5.41) is 2.81. The van der Waals surface area contributed by atoms with E-state index in [-0.39, 0.29) is 0 Å². The smallest absolute Gasteiger partial charge is 0.196 e. The zero-order valence-electron chi connectivity index (χ0n) is 9.53. The van der Waals surface area contributed by atoms with Gasteiger partial charge in [-0.3, -0.25) is 0 Å². The first kappa shape index (κ1) is 12.2. The first-order chi connectivity index (χ1) is 6.81. The fraction of sp³-hybridized carbons (Fsp3) is 0.455. The van der Waals surface area contributed by atoms with Gasteiger partial charge in [-0.2, -0.15) is 0 Å². The Hall–Kier alpha value is -0.870. The van der Waals surface area contributed by atoms with Gasteiger partial charge < -0.3 is 5.32 Å². The lowest BCUT2D eigenvalue weighted by molar-refractivity contribution is 0.510. The average Bonchev–Trinajstić information content (AvgIpc) is 2.18. The summed E-state index contributed by atoms with van der Waals surface area (Å²) in [7, 11) is -1.67. The number of hydrogen-bond donors (Lipinski definition) is 1. The number of benzene rings is 1. The average molecular weight is 227 g/mol. The SMILES string of the molecule is CNC(C)(C)S(=O)(=O)c1ccc(C)cc1. The van der Waals surface area contributed by atoms with Gasteiger partial charge in [0.15, 0.2) is 9.84 Å². The second-order valence-corrected chi connectivity index (χ2v) is 6.58. The Morgan fingerprint density at radius 3 is 2.00 bits per heavy atom. The molecular weight excluding hydrogens is 210 g/mol. The van der Waals surface area contributed by atoms with Crippen LogP contribution < -0.4 is 5.32 Å². The Balaban J connectivity index is 3.24. The van der Waals surface area contributed by atoms with E-state index in [1.54, 1.807) is 45.2 Å². The molecule has 1 N–H and O–H groups in total. The molecule has 0 aromatic heterocycles. The minimum absolute atomic E-state index is 0.354. The van der Waals surface area contributed by atoms with Crippen molar-refractivity contribution in [2.75, 3.05) is 7.05 Å². The maximum absolute atomic E-state index is 12.1. The van der Waals surface area contributed by atoms with Gasteiger partial charge in [0.05, 0.1) is 4.90 Å². The quantitative estimate of drug-likeness (QED) is 0.855. The number of rotatable bonds is 3. The molecule has 0 aliphatic rings. The largest absolute Gasteiger partial charge is 0.302 e. The molecular formula is C11H17NO2S.